The number of nitrogens with one attached hydrogen (secondary N) is 1. The van der Waals surface area contributed by atoms with Crippen LogP contribution in [-0.4, -0.2) is 22.7 Å². The smallest absolute Gasteiger partial charge is 0.273 e. The molecule has 6 heteroatoms. The predicted molar refractivity (Wildman–Crippen MR) is 74.7 cm³/mol. The van der Waals surface area contributed by atoms with Crippen molar-refractivity contribution in [1.29, 1.82) is 0 Å². The maximum absolute atomic E-state index is 10.8. The zero-order valence-electron chi connectivity index (χ0n) is 10.7. The summed E-state index contributed by atoms with van der Waals surface area (Å²) in [4.78, 5) is 10.4. The van der Waals surface area contributed by atoms with Crippen LogP contribution in [0.5, 0.6) is 0 Å². The maximum atomic E-state index is 10.8. The second kappa shape index (κ2) is 5.75. The highest BCUT2D eigenvalue weighted by Crippen LogP contribution is 2.38. The van der Waals surface area contributed by atoms with E-state index >= 15 is 0 Å². The Morgan fingerprint density at radius 2 is 2.26 bits per heavy atom. The molecule has 0 aliphatic heterocycles. The molecule has 1 unspecified atom stereocenters. The average Bonchev–Trinajstić information content (AvgIpc) is 3.16. The van der Waals surface area contributed by atoms with Crippen LogP contribution >= 0.6 is 11.6 Å². The first-order valence-electron chi connectivity index (χ1n) is 6.35. The second-order valence-electron chi connectivity index (χ2n) is 4.98. The standard InChI is InChI=1S/C13H17ClN2O3/c1-8-6-12(10(14)7-13(8)16(18)19)15-11(4-5-17)9-2-3-9/h6-7,9,11,15,17H,2-5H2,1H3. The minimum Gasteiger partial charge on any atom is -0.396 e. The summed E-state index contributed by atoms with van der Waals surface area (Å²) in [5.41, 5.74) is 1.31. The molecule has 1 aromatic rings. The third-order valence-corrected chi connectivity index (χ3v) is 3.77. The van der Waals surface area contributed by atoms with E-state index in [-0.39, 0.29) is 18.3 Å². The van der Waals surface area contributed by atoms with E-state index in [0.29, 0.717) is 28.6 Å². The van der Waals surface area contributed by atoms with Crippen LogP contribution in [0.1, 0.15) is 24.8 Å². The molecule has 1 atom stereocenters. The van der Waals surface area contributed by atoms with Crippen LogP contribution in [0.4, 0.5) is 11.4 Å². The van der Waals surface area contributed by atoms with Gasteiger partial charge in [0.2, 0.25) is 0 Å². The van der Waals surface area contributed by atoms with Crippen molar-refractivity contribution in [3.05, 3.63) is 32.8 Å². The van der Waals surface area contributed by atoms with Gasteiger partial charge in [0.15, 0.2) is 0 Å². The summed E-state index contributed by atoms with van der Waals surface area (Å²) in [6.07, 6.45) is 2.97. The molecule has 0 spiro atoms. The molecular weight excluding hydrogens is 268 g/mol. The number of aryl methyl sites for hydroxylation is 1. The molecule has 0 aromatic heterocycles. The Labute approximate surface area is 116 Å². The van der Waals surface area contributed by atoms with Crippen molar-refractivity contribution >= 4 is 23.0 Å². The Morgan fingerprint density at radius 3 is 2.79 bits per heavy atom. The molecule has 1 aromatic carbocycles. The highest BCUT2D eigenvalue weighted by Gasteiger charge is 2.31. The van der Waals surface area contributed by atoms with Gasteiger partial charge in [-0.1, -0.05) is 11.6 Å². The summed E-state index contributed by atoms with van der Waals surface area (Å²) in [6, 6.07) is 3.26. The first kappa shape index (κ1) is 14.1. The van der Waals surface area contributed by atoms with Crippen molar-refractivity contribution in [2.24, 2.45) is 5.92 Å². The lowest BCUT2D eigenvalue weighted by Crippen LogP contribution is -2.23. The zero-order chi connectivity index (χ0) is 14.0. The number of nitro benzene ring substituents is 1. The normalized spacial score (nSPS) is 16.2. The molecule has 104 valence electrons. The number of rotatable bonds is 6. The minimum atomic E-state index is -0.433. The van der Waals surface area contributed by atoms with Gasteiger partial charge in [-0.3, -0.25) is 10.1 Å². The Balaban J connectivity index is 2.19. The van der Waals surface area contributed by atoms with Crippen LogP contribution in [0.3, 0.4) is 0 Å². The fourth-order valence-corrected chi connectivity index (χ4v) is 2.45. The fourth-order valence-electron chi connectivity index (χ4n) is 2.24. The first-order valence-corrected chi connectivity index (χ1v) is 6.72. The summed E-state index contributed by atoms with van der Waals surface area (Å²) < 4.78 is 0. The second-order valence-corrected chi connectivity index (χ2v) is 5.38. The average molecular weight is 285 g/mol. The monoisotopic (exact) mass is 284 g/mol. The van der Waals surface area contributed by atoms with Crippen molar-refractivity contribution < 1.29 is 10.0 Å². The number of halogens is 1. The number of aliphatic hydroxyl groups excluding tert-OH is 1. The van der Waals surface area contributed by atoms with Crippen molar-refractivity contribution in [2.75, 3.05) is 11.9 Å². The van der Waals surface area contributed by atoms with Crippen LogP contribution in [0, 0.1) is 23.0 Å². The van der Waals surface area contributed by atoms with Gasteiger partial charge in [-0.25, -0.2) is 0 Å². The number of hydrogen-bond acceptors (Lipinski definition) is 4. The van der Waals surface area contributed by atoms with Crippen LogP contribution in [0.25, 0.3) is 0 Å². The lowest BCUT2D eigenvalue weighted by Gasteiger charge is -2.19. The van der Waals surface area contributed by atoms with E-state index in [2.05, 4.69) is 5.32 Å². The fraction of sp³-hybridized carbons (Fsp3) is 0.538. The molecular formula is C13H17ClN2O3. The molecule has 2 rings (SSSR count). The van der Waals surface area contributed by atoms with E-state index in [9.17, 15) is 10.1 Å². The molecule has 0 bridgehead atoms. The number of hydrogen-bond donors (Lipinski definition) is 2. The van der Waals surface area contributed by atoms with Gasteiger partial charge >= 0.3 is 0 Å². The zero-order valence-corrected chi connectivity index (χ0v) is 11.5. The van der Waals surface area contributed by atoms with Crippen LogP contribution in [-0.2, 0) is 0 Å². The van der Waals surface area contributed by atoms with Crippen LogP contribution < -0.4 is 5.32 Å². The lowest BCUT2D eigenvalue weighted by atomic mass is 10.1. The largest absolute Gasteiger partial charge is 0.396 e. The quantitative estimate of drug-likeness (QED) is 0.621. The summed E-state index contributed by atoms with van der Waals surface area (Å²) in [7, 11) is 0. The molecule has 1 aliphatic carbocycles. The summed E-state index contributed by atoms with van der Waals surface area (Å²) >= 11 is 6.09. The van der Waals surface area contributed by atoms with E-state index in [4.69, 9.17) is 16.7 Å². The molecule has 1 saturated carbocycles. The number of aliphatic hydroxyl groups is 1. The van der Waals surface area contributed by atoms with Gasteiger partial charge in [0.05, 0.1) is 15.6 Å². The Morgan fingerprint density at radius 1 is 1.58 bits per heavy atom. The number of benzene rings is 1. The Hall–Kier alpha value is -1.33. The van der Waals surface area contributed by atoms with Gasteiger partial charge in [0.1, 0.15) is 0 Å². The van der Waals surface area contributed by atoms with Gasteiger partial charge in [-0.15, -0.1) is 0 Å². The third kappa shape index (κ3) is 3.36. The molecule has 19 heavy (non-hydrogen) atoms. The van der Waals surface area contributed by atoms with E-state index in [1.54, 1.807) is 13.0 Å². The molecule has 0 amide bonds. The number of anilines is 1. The van der Waals surface area contributed by atoms with Crippen molar-refractivity contribution in [3.63, 3.8) is 0 Å². The van der Waals surface area contributed by atoms with Crippen molar-refractivity contribution in [3.8, 4) is 0 Å². The van der Waals surface area contributed by atoms with Gasteiger partial charge < -0.3 is 10.4 Å². The summed E-state index contributed by atoms with van der Waals surface area (Å²) in [5, 5.41) is 23.5. The Bertz CT molecular complexity index is 489. The molecule has 2 N–H and O–H groups in total. The first-order chi connectivity index (χ1) is 9.02. The minimum absolute atomic E-state index is 0.0284. The molecule has 5 nitrogen and oxygen atoms in total. The maximum Gasteiger partial charge on any atom is 0.273 e. The number of nitro groups is 1. The summed E-state index contributed by atoms with van der Waals surface area (Å²) in [5.74, 6) is 0.568. The SMILES string of the molecule is Cc1cc(NC(CCO)C2CC2)c(Cl)cc1[N+](=O)[O-]. The van der Waals surface area contributed by atoms with E-state index in [0.717, 1.165) is 12.8 Å². The highest BCUT2D eigenvalue weighted by atomic mass is 35.5. The van der Waals surface area contributed by atoms with Gasteiger partial charge in [-0.05, 0) is 38.2 Å². The Kier molecular flexibility index (Phi) is 4.27. The van der Waals surface area contributed by atoms with Gasteiger partial charge in [-0.2, -0.15) is 0 Å². The lowest BCUT2D eigenvalue weighted by molar-refractivity contribution is -0.385. The van der Waals surface area contributed by atoms with Crippen LogP contribution in [0.2, 0.25) is 5.02 Å². The van der Waals surface area contributed by atoms with Crippen LogP contribution in [0.15, 0.2) is 12.1 Å². The molecule has 0 radical (unpaired) electrons. The van der Waals surface area contributed by atoms with E-state index in [1.807, 2.05) is 0 Å². The number of nitrogens with zero attached hydrogens (tertiary/aromatic N) is 1. The molecule has 1 fully saturated rings. The van der Waals surface area contributed by atoms with Crippen molar-refractivity contribution in [2.45, 2.75) is 32.2 Å². The predicted octanol–water partition coefficient (Wildman–Crippen LogP) is 3.13. The third-order valence-electron chi connectivity index (χ3n) is 3.45. The van der Waals surface area contributed by atoms with Crippen molar-refractivity contribution in [1.82, 2.24) is 0 Å². The van der Waals surface area contributed by atoms with Gasteiger partial charge in [0.25, 0.3) is 5.69 Å². The van der Waals surface area contributed by atoms with E-state index < -0.39 is 4.92 Å². The van der Waals surface area contributed by atoms with E-state index in [1.165, 1.54) is 6.07 Å². The van der Waals surface area contributed by atoms with Gasteiger partial charge in [0, 0.05) is 24.3 Å². The highest BCUT2D eigenvalue weighted by molar-refractivity contribution is 6.33. The topological polar surface area (TPSA) is 75.4 Å². The molecule has 0 heterocycles. The molecule has 1 aliphatic rings. The summed E-state index contributed by atoms with van der Waals surface area (Å²) in [6.45, 7) is 1.82. The molecule has 0 saturated heterocycles.